The van der Waals surface area contributed by atoms with Gasteiger partial charge in [-0.3, -0.25) is 9.10 Å². The van der Waals surface area contributed by atoms with E-state index in [0.717, 1.165) is 33.0 Å². The van der Waals surface area contributed by atoms with Gasteiger partial charge in [0.05, 0.1) is 18.5 Å². The number of halogens is 1. The molecule has 0 fully saturated rings. The summed E-state index contributed by atoms with van der Waals surface area (Å²) in [4.78, 5) is 12.6. The number of aryl methyl sites for hydroxylation is 3. The van der Waals surface area contributed by atoms with Gasteiger partial charge in [-0.25, -0.2) is 8.42 Å². The Labute approximate surface area is 177 Å². The molecule has 29 heavy (non-hydrogen) atoms. The molecule has 0 aliphatic carbocycles. The third-order valence-corrected chi connectivity index (χ3v) is 6.15. The minimum atomic E-state index is -3.69. The number of carbonyl (C=O) groups is 1. The van der Waals surface area contributed by atoms with E-state index < -0.39 is 22.0 Å². The fourth-order valence-electron chi connectivity index (χ4n) is 2.87. The van der Waals surface area contributed by atoms with E-state index in [0.29, 0.717) is 10.7 Å². The Balaban J connectivity index is 2.03. The molecule has 0 saturated carbocycles. The summed E-state index contributed by atoms with van der Waals surface area (Å²) in [5.74, 6) is 0.344. The largest absolute Gasteiger partial charge is 0.491 e. The molecule has 0 spiro atoms. The van der Waals surface area contributed by atoms with Crippen molar-refractivity contribution in [2.24, 2.45) is 0 Å². The zero-order valence-corrected chi connectivity index (χ0v) is 18.9. The maximum absolute atomic E-state index is 12.6. The number of carbonyl (C=O) groups excluding carboxylic acids is 1. The van der Waals surface area contributed by atoms with Crippen molar-refractivity contribution in [1.82, 2.24) is 5.32 Å². The van der Waals surface area contributed by atoms with Gasteiger partial charge >= 0.3 is 0 Å². The highest BCUT2D eigenvalue weighted by molar-refractivity contribution is 7.92. The molecule has 0 bridgehead atoms. The average Bonchev–Trinajstić information content (AvgIpc) is 2.63. The first-order valence-corrected chi connectivity index (χ1v) is 11.5. The van der Waals surface area contributed by atoms with Gasteiger partial charge < -0.3 is 10.1 Å². The number of hydrogen-bond acceptors (Lipinski definition) is 4. The van der Waals surface area contributed by atoms with Crippen LogP contribution < -0.4 is 14.4 Å². The molecule has 0 aliphatic rings. The molecule has 1 atom stereocenters. The van der Waals surface area contributed by atoms with Crippen molar-refractivity contribution in [3.8, 4) is 5.75 Å². The third-order valence-electron chi connectivity index (χ3n) is 4.50. The molecule has 0 aliphatic heterocycles. The molecule has 6 nitrogen and oxygen atoms in total. The number of nitrogens with zero attached hydrogens (tertiary/aromatic N) is 1. The molecular formula is C21H27ClN2O4S. The standard InChI is InChI=1S/C21H27ClN2O4S/c1-14-6-7-16(3)20(12-14)28-11-10-23-21(25)17(4)24(29(5,26)27)18-9-8-15(2)19(22)13-18/h6-9,12-13,17H,10-11H2,1-5H3,(H,23,25)/t17-/m1/s1. The summed E-state index contributed by atoms with van der Waals surface area (Å²) < 4.78 is 31.5. The van der Waals surface area contributed by atoms with E-state index in [-0.39, 0.29) is 13.2 Å². The number of sulfonamides is 1. The molecule has 0 unspecified atom stereocenters. The number of hydrogen-bond donors (Lipinski definition) is 1. The summed E-state index contributed by atoms with van der Waals surface area (Å²) in [7, 11) is -3.69. The van der Waals surface area contributed by atoms with Crippen LogP contribution in [0.15, 0.2) is 36.4 Å². The van der Waals surface area contributed by atoms with Crippen molar-refractivity contribution in [2.75, 3.05) is 23.7 Å². The normalized spacial score (nSPS) is 12.3. The van der Waals surface area contributed by atoms with E-state index in [1.807, 2.05) is 39.0 Å². The van der Waals surface area contributed by atoms with E-state index in [2.05, 4.69) is 5.32 Å². The average molecular weight is 439 g/mol. The van der Waals surface area contributed by atoms with Gasteiger partial charge in [0.25, 0.3) is 0 Å². The Morgan fingerprint density at radius 1 is 1.14 bits per heavy atom. The summed E-state index contributed by atoms with van der Waals surface area (Å²) in [6.07, 6.45) is 1.06. The lowest BCUT2D eigenvalue weighted by Crippen LogP contribution is -2.48. The summed E-state index contributed by atoms with van der Waals surface area (Å²) in [6.45, 7) is 7.82. The van der Waals surface area contributed by atoms with E-state index >= 15 is 0 Å². The maximum Gasteiger partial charge on any atom is 0.243 e. The lowest BCUT2D eigenvalue weighted by molar-refractivity contribution is -0.121. The second-order valence-corrected chi connectivity index (χ2v) is 9.34. The molecule has 2 aromatic rings. The van der Waals surface area contributed by atoms with E-state index in [1.54, 1.807) is 18.2 Å². The van der Waals surface area contributed by atoms with Crippen LogP contribution >= 0.6 is 11.6 Å². The van der Waals surface area contributed by atoms with Crippen LogP contribution in [0.2, 0.25) is 5.02 Å². The quantitative estimate of drug-likeness (QED) is 0.639. The minimum absolute atomic E-state index is 0.253. The number of rotatable bonds is 8. The third kappa shape index (κ3) is 6.11. The van der Waals surface area contributed by atoms with Crippen LogP contribution in [-0.2, 0) is 14.8 Å². The summed E-state index contributed by atoms with van der Waals surface area (Å²) in [5.41, 5.74) is 3.26. The van der Waals surface area contributed by atoms with Gasteiger partial charge in [-0.1, -0.05) is 29.8 Å². The molecule has 2 rings (SSSR count). The Kier molecular flexibility index (Phi) is 7.54. The minimum Gasteiger partial charge on any atom is -0.491 e. The van der Waals surface area contributed by atoms with Crippen molar-refractivity contribution in [3.63, 3.8) is 0 Å². The lowest BCUT2D eigenvalue weighted by Gasteiger charge is -2.28. The monoisotopic (exact) mass is 438 g/mol. The smallest absolute Gasteiger partial charge is 0.243 e. The van der Waals surface area contributed by atoms with Gasteiger partial charge in [0, 0.05) is 5.02 Å². The highest BCUT2D eigenvalue weighted by atomic mass is 35.5. The van der Waals surface area contributed by atoms with Crippen LogP contribution in [0.3, 0.4) is 0 Å². The van der Waals surface area contributed by atoms with E-state index in [4.69, 9.17) is 16.3 Å². The van der Waals surface area contributed by atoms with Gasteiger partial charge in [-0.15, -0.1) is 0 Å². The lowest BCUT2D eigenvalue weighted by atomic mass is 10.1. The number of benzene rings is 2. The molecule has 1 amide bonds. The first kappa shape index (κ1) is 23.0. The molecule has 8 heteroatoms. The van der Waals surface area contributed by atoms with Crippen molar-refractivity contribution in [1.29, 1.82) is 0 Å². The topological polar surface area (TPSA) is 75.7 Å². The Bertz CT molecular complexity index is 992. The predicted molar refractivity (Wildman–Crippen MR) is 117 cm³/mol. The Hall–Kier alpha value is -2.25. The van der Waals surface area contributed by atoms with Crippen molar-refractivity contribution in [2.45, 2.75) is 33.7 Å². The second kappa shape index (κ2) is 9.50. The molecular weight excluding hydrogens is 412 g/mol. The molecule has 0 heterocycles. The number of amides is 1. The maximum atomic E-state index is 12.6. The van der Waals surface area contributed by atoms with Gasteiger partial charge in [0.2, 0.25) is 15.9 Å². The highest BCUT2D eigenvalue weighted by Crippen LogP contribution is 2.26. The molecule has 0 saturated heterocycles. The van der Waals surface area contributed by atoms with Crippen molar-refractivity contribution in [3.05, 3.63) is 58.1 Å². The number of anilines is 1. The van der Waals surface area contributed by atoms with Crippen LogP contribution in [-0.4, -0.2) is 39.8 Å². The van der Waals surface area contributed by atoms with Crippen LogP contribution in [0.1, 0.15) is 23.6 Å². The van der Waals surface area contributed by atoms with E-state index in [1.165, 1.54) is 6.92 Å². The first-order chi connectivity index (χ1) is 13.5. The van der Waals surface area contributed by atoms with Gasteiger partial charge in [-0.2, -0.15) is 0 Å². The highest BCUT2D eigenvalue weighted by Gasteiger charge is 2.29. The second-order valence-electron chi connectivity index (χ2n) is 7.08. The summed E-state index contributed by atoms with van der Waals surface area (Å²) >= 11 is 6.14. The van der Waals surface area contributed by atoms with Crippen LogP contribution in [0, 0.1) is 20.8 Å². The Morgan fingerprint density at radius 2 is 1.79 bits per heavy atom. The fourth-order valence-corrected chi connectivity index (χ4v) is 4.21. The molecule has 0 radical (unpaired) electrons. The number of nitrogens with one attached hydrogen (secondary N) is 1. The SMILES string of the molecule is Cc1ccc(C)c(OCCNC(=O)[C@@H](C)N(c2ccc(C)c(Cl)c2)S(C)(=O)=O)c1. The van der Waals surface area contributed by atoms with Gasteiger partial charge in [0.1, 0.15) is 18.4 Å². The molecule has 1 N–H and O–H groups in total. The summed E-state index contributed by atoms with van der Waals surface area (Å²) in [6, 6.07) is 9.88. The van der Waals surface area contributed by atoms with Gasteiger partial charge in [-0.05, 0) is 62.6 Å². The van der Waals surface area contributed by atoms with Crippen molar-refractivity contribution < 1.29 is 17.9 Å². The van der Waals surface area contributed by atoms with Crippen molar-refractivity contribution >= 4 is 33.2 Å². The molecule has 158 valence electrons. The molecule has 2 aromatic carbocycles. The van der Waals surface area contributed by atoms with Gasteiger partial charge in [0.15, 0.2) is 0 Å². The zero-order valence-electron chi connectivity index (χ0n) is 17.3. The van der Waals surface area contributed by atoms with Crippen LogP contribution in [0.4, 0.5) is 5.69 Å². The fraction of sp³-hybridized carbons (Fsp3) is 0.381. The molecule has 0 aromatic heterocycles. The zero-order chi connectivity index (χ0) is 21.8. The summed E-state index contributed by atoms with van der Waals surface area (Å²) in [5, 5.41) is 3.17. The predicted octanol–water partition coefficient (Wildman–Crippen LogP) is 3.61. The Morgan fingerprint density at radius 3 is 2.41 bits per heavy atom. The van der Waals surface area contributed by atoms with E-state index in [9.17, 15) is 13.2 Å². The van der Waals surface area contributed by atoms with Crippen LogP contribution in [0.5, 0.6) is 5.75 Å². The van der Waals surface area contributed by atoms with Crippen LogP contribution in [0.25, 0.3) is 0 Å². The first-order valence-electron chi connectivity index (χ1n) is 9.24. The number of ether oxygens (including phenoxy) is 1.